The van der Waals surface area contributed by atoms with Gasteiger partial charge in [-0.2, -0.15) is 0 Å². The van der Waals surface area contributed by atoms with E-state index in [-0.39, 0.29) is 23.6 Å². The number of carbonyl (C=O) groups excluding carboxylic acids is 1. The highest BCUT2D eigenvalue weighted by atomic mass is 16.6. The van der Waals surface area contributed by atoms with Gasteiger partial charge in [0, 0.05) is 44.0 Å². The van der Waals surface area contributed by atoms with Crippen LogP contribution in [0.3, 0.4) is 0 Å². The number of non-ortho nitro benzene ring substituents is 1. The van der Waals surface area contributed by atoms with Gasteiger partial charge in [-0.05, 0) is 35.2 Å². The third-order valence-electron chi connectivity index (χ3n) is 5.14. The van der Waals surface area contributed by atoms with Crippen LogP contribution in [0.25, 0.3) is 0 Å². The molecule has 154 valence electrons. The highest BCUT2D eigenvalue weighted by molar-refractivity contribution is 5.78. The quantitative estimate of drug-likeness (QED) is 0.569. The number of carbonyl (C=O) groups is 1. The highest BCUT2D eigenvalue weighted by Gasteiger charge is 2.22. The van der Waals surface area contributed by atoms with Gasteiger partial charge in [-0.3, -0.25) is 14.9 Å². The molecule has 1 heterocycles. The Balaban J connectivity index is 1.48. The molecule has 0 unspecified atom stereocenters. The lowest BCUT2D eigenvalue weighted by Crippen LogP contribution is -2.50. The number of nitrogens with zero attached hydrogens (tertiary/aromatic N) is 3. The fraction of sp³-hybridized carbons (Fsp3) is 0.409. The number of nitro benzene ring substituents is 1. The zero-order valence-corrected chi connectivity index (χ0v) is 17.1. The maximum atomic E-state index is 12.5. The average molecular weight is 397 g/mol. The van der Waals surface area contributed by atoms with Gasteiger partial charge in [-0.25, -0.2) is 0 Å². The molecule has 0 bridgehead atoms. The van der Waals surface area contributed by atoms with Crippen LogP contribution in [-0.2, 0) is 10.2 Å². The normalized spacial score (nSPS) is 14.6. The average Bonchev–Trinajstić information content (AvgIpc) is 2.72. The fourth-order valence-electron chi connectivity index (χ4n) is 3.29. The van der Waals surface area contributed by atoms with Crippen LogP contribution in [0.5, 0.6) is 5.75 Å². The number of hydrogen-bond acceptors (Lipinski definition) is 5. The summed E-state index contributed by atoms with van der Waals surface area (Å²) in [7, 11) is 0. The summed E-state index contributed by atoms with van der Waals surface area (Å²) in [5.74, 6) is 0.657. The van der Waals surface area contributed by atoms with Crippen molar-refractivity contribution < 1.29 is 14.5 Å². The summed E-state index contributed by atoms with van der Waals surface area (Å²) in [5.41, 5.74) is 2.31. The van der Waals surface area contributed by atoms with E-state index in [9.17, 15) is 14.9 Å². The Labute approximate surface area is 171 Å². The third kappa shape index (κ3) is 5.25. The van der Waals surface area contributed by atoms with Gasteiger partial charge in [0.2, 0.25) is 0 Å². The Hall–Kier alpha value is -3.09. The first-order chi connectivity index (χ1) is 13.7. The van der Waals surface area contributed by atoms with E-state index in [0.717, 1.165) is 5.69 Å². The number of benzene rings is 2. The Morgan fingerprint density at radius 3 is 2.10 bits per heavy atom. The first-order valence-corrected chi connectivity index (χ1v) is 9.74. The summed E-state index contributed by atoms with van der Waals surface area (Å²) in [5, 5.41) is 10.8. The largest absolute Gasteiger partial charge is 0.484 e. The molecule has 1 saturated heterocycles. The Bertz CT molecular complexity index is 849. The number of amides is 1. The summed E-state index contributed by atoms with van der Waals surface area (Å²) in [6.07, 6.45) is 0. The van der Waals surface area contributed by atoms with Gasteiger partial charge in [0.1, 0.15) is 5.75 Å². The SMILES string of the molecule is CC(C)(C)c1ccc(OCC(=O)N2CCN(c3ccc([N+](=O)[O-])cc3)CC2)cc1. The summed E-state index contributed by atoms with van der Waals surface area (Å²) in [6, 6.07) is 14.4. The molecule has 0 spiro atoms. The molecule has 0 aromatic heterocycles. The van der Waals surface area contributed by atoms with E-state index in [0.29, 0.717) is 31.9 Å². The van der Waals surface area contributed by atoms with Crippen molar-refractivity contribution in [1.82, 2.24) is 4.90 Å². The topological polar surface area (TPSA) is 75.9 Å². The Kier molecular flexibility index (Phi) is 6.06. The second-order valence-corrected chi connectivity index (χ2v) is 8.20. The van der Waals surface area contributed by atoms with Crippen molar-refractivity contribution in [2.75, 3.05) is 37.7 Å². The van der Waals surface area contributed by atoms with Crippen molar-refractivity contribution in [3.8, 4) is 5.75 Å². The lowest BCUT2D eigenvalue weighted by molar-refractivity contribution is -0.384. The van der Waals surface area contributed by atoms with Gasteiger partial charge in [0.15, 0.2) is 6.61 Å². The Morgan fingerprint density at radius 1 is 1.00 bits per heavy atom. The summed E-state index contributed by atoms with van der Waals surface area (Å²) in [6.45, 7) is 9.05. The van der Waals surface area contributed by atoms with Gasteiger partial charge in [0.25, 0.3) is 11.6 Å². The van der Waals surface area contributed by atoms with Crippen LogP contribution < -0.4 is 9.64 Å². The lowest BCUT2D eigenvalue weighted by atomic mass is 9.87. The smallest absolute Gasteiger partial charge is 0.269 e. The van der Waals surface area contributed by atoms with Crippen LogP contribution in [0.4, 0.5) is 11.4 Å². The highest BCUT2D eigenvalue weighted by Crippen LogP contribution is 2.24. The van der Waals surface area contributed by atoms with Crippen molar-refractivity contribution in [1.29, 1.82) is 0 Å². The minimum Gasteiger partial charge on any atom is -0.484 e. The molecule has 1 fully saturated rings. The van der Waals surface area contributed by atoms with E-state index in [2.05, 4.69) is 25.7 Å². The van der Waals surface area contributed by atoms with Crippen LogP contribution in [0.2, 0.25) is 0 Å². The molecule has 7 nitrogen and oxygen atoms in total. The van der Waals surface area contributed by atoms with Gasteiger partial charge in [-0.1, -0.05) is 32.9 Å². The zero-order chi connectivity index (χ0) is 21.0. The van der Waals surface area contributed by atoms with Crippen LogP contribution >= 0.6 is 0 Å². The van der Waals surface area contributed by atoms with Crippen molar-refractivity contribution >= 4 is 17.3 Å². The molecule has 2 aromatic rings. The lowest BCUT2D eigenvalue weighted by Gasteiger charge is -2.36. The second-order valence-electron chi connectivity index (χ2n) is 8.20. The second kappa shape index (κ2) is 8.51. The van der Waals surface area contributed by atoms with Crippen molar-refractivity contribution in [2.24, 2.45) is 0 Å². The zero-order valence-electron chi connectivity index (χ0n) is 17.1. The molecule has 0 saturated carbocycles. The molecule has 1 aliphatic rings. The third-order valence-corrected chi connectivity index (χ3v) is 5.14. The Morgan fingerprint density at radius 2 is 1.59 bits per heavy atom. The van der Waals surface area contributed by atoms with Crippen molar-refractivity contribution in [3.63, 3.8) is 0 Å². The standard InChI is InChI=1S/C22H27N3O4/c1-22(2,3)17-4-10-20(11-5-17)29-16-21(26)24-14-12-23(13-15-24)18-6-8-19(9-7-18)25(27)28/h4-11H,12-16H2,1-3H3. The van der Waals surface area contributed by atoms with E-state index in [4.69, 9.17) is 4.74 Å². The number of rotatable bonds is 5. The van der Waals surface area contributed by atoms with Crippen LogP contribution in [-0.4, -0.2) is 48.5 Å². The van der Waals surface area contributed by atoms with Crippen molar-refractivity contribution in [3.05, 3.63) is 64.2 Å². The number of anilines is 1. The number of ether oxygens (including phenoxy) is 1. The molecule has 0 aliphatic carbocycles. The van der Waals surface area contributed by atoms with Gasteiger partial charge >= 0.3 is 0 Å². The molecule has 0 atom stereocenters. The van der Waals surface area contributed by atoms with E-state index in [1.165, 1.54) is 17.7 Å². The predicted molar refractivity (Wildman–Crippen MR) is 113 cm³/mol. The van der Waals surface area contributed by atoms with Gasteiger partial charge in [-0.15, -0.1) is 0 Å². The van der Waals surface area contributed by atoms with E-state index >= 15 is 0 Å². The minimum absolute atomic E-state index is 0.0202. The van der Waals surface area contributed by atoms with Crippen LogP contribution in [0.1, 0.15) is 26.3 Å². The van der Waals surface area contributed by atoms with Crippen LogP contribution in [0.15, 0.2) is 48.5 Å². The fourth-order valence-corrected chi connectivity index (χ4v) is 3.29. The molecular formula is C22H27N3O4. The summed E-state index contributed by atoms with van der Waals surface area (Å²) in [4.78, 5) is 26.8. The van der Waals surface area contributed by atoms with Crippen LogP contribution in [0, 0.1) is 10.1 Å². The number of piperazine rings is 1. The molecule has 2 aromatic carbocycles. The molecule has 29 heavy (non-hydrogen) atoms. The predicted octanol–water partition coefficient (Wildman–Crippen LogP) is 3.62. The first kappa shape index (κ1) is 20.6. The monoisotopic (exact) mass is 397 g/mol. The molecule has 3 rings (SSSR count). The molecule has 1 amide bonds. The van der Waals surface area contributed by atoms with E-state index in [1.807, 2.05) is 24.3 Å². The maximum Gasteiger partial charge on any atom is 0.269 e. The van der Waals surface area contributed by atoms with Gasteiger partial charge in [0.05, 0.1) is 4.92 Å². The maximum absolute atomic E-state index is 12.5. The van der Waals surface area contributed by atoms with Gasteiger partial charge < -0.3 is 14.5 Å². The molecule has 7 heteroatoms. The number of nitro groups is 1. The molecular weight excluding hydrogens is 370 g/mol. The molecule has 0 N–H and O–H groups in total. The van der Waals surface area contributed by atoms with Crippen molar-refractivity contribution in [2.45, 2.75) is 26.2 Å². The van der Waals surface area contributed by atoms with E-state index in [1.54, 1.807) is 17.0 Å². The minimum atomic E-state index is -0.406. The molecule has 0 radical (unpaired) electrons. The summed E-state index contributed by atoms with van der Waals surface area (Å²) >= 11 is 0. The van der Waals surface area contributed by atoms with E-state index < -0.39 is 4.92 Å². The molecule has 1 aliphatic heterocycles. The summed E-state index contributed by atoms with van der Waals surface area (Å²) < 4.78 is 5.67. The first-order valence-electron chi connectivity index (χ1n) is 9.74. The number of hydrogen-bond donors (Lipinski definition) is 0.